The fourth-order valence-corrected chi connectivity index (χ4v) is 6.73. The van der Waals surface area contributed by atoms with Crippen molar-refractivity contribution in [2.24, 2.45) is 34.5 Å². The van der Waals surface area contributed by atoms with Gasteiger partial charge in [-0.15, -0.1) is 0 Å². The van der Waals surface area contributed by atoms with E-state index >= 15 is 0 Å². The van der Waals surface area contributed by atoms with Crippen LogP contribution in [0.4, 0.5) is 0 Å². The molecule has 1 nitrogen and oxygen atoms in total. The summed E-state index contributed by atoms with van der Waals surface area (Å²) in [6.45, 7) is 8.72. The van der Waals surface area contributed by atoms with Crippen LogP contribution in [0.2, 0.25) is 0 Å². The number of ether oxygens (including phenoxy) is 1. The predicted molar refractivity (Wildman–Crippen MR) is 77.9 cm³/mol. The van der Waals surface area contributed by atoms with Gasteiger partial charge in [0.1, 0.15) is 0 Å². The molecule has 1 heterocycles. The zero-order chi connectivity index (χ0) is 13.3. The highest BCUT2D eigenvalue weighted by Crippen LogP contribution is 2.65. The molecule has 0 bridgehead atoms. The Morgan fingerprint density at radius 1 is 0.842 bits per heavy atom. The molecular weight excluding hydrogens is 232 g/mol. The third-order valence-electron chi connectivity index (χ3n) is 8.22. The van der Waals surface area contributed by atoms with Crippen LogP contribution in [0.3, 0.4) is 0 Å². The molecule has 19 heavy (non-hydrogen) atoms. The molecule has 0 aromatic heterocycles. The van der Waals surface area contributed by atoms with Crippen LogP contribution in [0, 0.1) is 34.5 Å². The van der Waals surface area contributed by atoms with Crippen molar-refractivity contribution < 1.29 is 4.74 Å². The molecule has 0 radical (unpaired) electrons. The first kappa shape index (κ1) is 12.7. The van der Waals surface area contributed by atoms with E-state index in [2.05, 4.69) is 20.8 Å². The van der Waals surface area contributed by atoms with Gasteiger partial charge in [-0.05, 0) is 79.4 Å². The average molecular weight is 262 g/mol. The second-order valence-electron chi connectivity index (χ2n) is 8.59. The molecule has 5 unspecified atom stereocenters. The summed E-state index contributed by atoms with van der Waals surface area (Å²) >= 11 is 0. The van der Waals surface area contributed by atoms with E-state index < -0.39 is 0 Å². The lowest BCUT2D eigenvalue weighted by Gasteiger charge is -2.56. The summed E-state index contributed by atoms with van der Waals surface area (Å²) in [6.07, 6.45) is 10.7. The second kappa shape index (κ2) is 4.00. The van der Waals surface area contributed by atoms with Crippen molar-refractivity contribution in [3.63, 3.8) is 0 Å². The van der Waals surface area contributed by atoms with Crippen molar-refractivity contribution in [2.75, 3.05) is 6.61 Å². The van der Waals surface area contributed by atoms with Crippen molar-refractivity contribution in [1.29, 1.82) is 0 Å². The van der Waals surface area contributed by atoms with Crippen molar-refractivity contribution in [3.8, 4) is 0 Å². The standard InChI is InChI=1S/C18H30O/c1-12-4-6-14-13-5-7-16-18(3,10-11-19-16)15(13)8-9-17(12,14)2/h12-16H,4-11H2,1-3H3/t12?,13?,14?,15?,16?,17-,18-/m1/s1. The lowest BCUT2D eigenvalue weighted by molar-refractivity contribution is -0.102. The minimum absolute atomic E-state index is 0.524. The van der Waals surface area contributed by atoms with Crippen LogP contribution in [0.15, 0.2) is 0 Å². The number of hydrogen-bond acceptors (Lipinski definition) is 1. The van der Waals surface area contributed by atoms with Crippen LogP contribution in [0.5, 0.6) is 0 Å². The summed E-state index contributed by atoms with van der Waals surface area (Å²) in [7, 11) is 0. The third kappa shape index (κ3) is 1.51. The zero-order valence-electron chi connectivity index (χ0n) is 13.0. The molecule has 4 fully saturated rings. The van der Waals surface area contributed by atoms with Gasteiger partial charge in [0.2, 0.25) is 0 Å². The summed E-state index contributed by atoms with van der Waals surface area (Å²) in [5.74, 6) is 3.98. The Hall–Kier alpha value is -0.0400. The van der Waals surface area contributed by atoms with E-state index in [-0.39, 0.29) is 0 Å². The Bertz CT molecular complexity index is 378. The maximum Gasteiger partial charge on any atom is 0.0632 e. The topological polar surface area (TPSA) is 9.23 Å². The molecule has 1 aliphatic heterocycles. The van der Waals surface area contributed by atoms with Crippen LogP contribution in [0.1, 0.15) is 65.7 Å². The molecular formula is C18H30O. The molecule has 1 saturated heterocycles. The molecule has 3 saturated carbocycles. The molecule has 0 aromatic carbocycles. The monoisotopic (exact) mass is 262 g/mol. The fourth-order valence-electron chi connectivity index (χ4n) is 6.73. The predicted octanol–water partition coefficient (Wildman–Crippen LogP) is 4.65. The van der Waals surface area contributed by atoms with E-state index in [9.17, 15) is 0 Å². The SMILES string of the molecule is CC1CCC2C3CCC4OCC[C@]4(C)C3CC[C@]12C. The van der Waals surface area contributed by atoms with E-state index in [1.54, 1.807) is 0 Å². The minimum Gasteiger partial charge on any atom is -0.378 e. The molecule has 7 atom stereocenters. The van der Waals surface area contributed by atoms with Gasteiger partial charge in [-0.3, -0.25) is 0 Å². The first-order chi connectivity index (χ1) is 9.06. The third-order valence-corrected chi connectivity index (χ3v) is 8.22. The molecule has 4 rings (SSSR count). The van der Waals surface area contributed by atoms with E-state index in [1.807, 2.05) is 0 Å². The normalized spacial score (nSPS) is 60.5. The highest BCUT2D eigenvalue weighted by atomic mass is 16.5. The first-order valence-corrected chi connectivity index (χ1v) is 8.67. The summed E-state index contributed by atoms with van der Waals surface area (Å²) in [5, 5.41) is 0. The van der Waals surface area contributed by atoms with Gasteiger partial charge >= 0.3 is 0 Å². The fraction of sp³-hybridized carbons (Fsp3) is 1.00. The smallest absolute Gasteiger partial charge is 0.0632 e. The summed E-state index contributed by atoms with van der Waals surface area (Å²) in [6, 6.07) is 0. The van der Waals surface area contributed by atoms with Crippen molar-refractivity contribution in [3.05, 3.63) is 0 Å². The molecule has 4 aliphatic rings. The van der Waals surface area contributed by atoms with Crippen LogP contribution in [-0.2, 0) is 4.74 Å². The van der Waals surface area contributed by atoms with E-state index in [4.69, 9.17) is 4.74 Å². The molecule has 0 aromatic rings. The Kier molecular flexibility index (Phi) is 2.67. The van der Waals surface area contributed by atoms with Crippen molar-refractivity contribution in [1.82, 2.24) is 0 Å². The average Bonchev–Trinajstić information content (AvgIpc) is 2.90. The van der Waals surface area contributed by atoms with Gasteiger partial charge < -0.3 is 4.74 Å². The Morgan fingerprint density at radius 3 is 2.47 bits per heavy atom. The zero-order valence-corrected chi connectivity index (χ0v) is 13.0. The lowest BCUT2D eigenvalue weighted by Crippen LogP contribution is -2.52. The van der Waals surface area contributed by atoms with Crippen LogP contribution >= 0.6 is 0 Å². The van der Waals surface area contributed by atoms with Gasteiger partial charge in [0.15, 0.2) is 0 Å². The molecule has 1 heteroatoms. The minimum atomic E-state index is 0.524. The molecule has 0 spiro atoms. The number of rotatable bonds is 0. The molecule has 108 valence electrons. The number of fused-ring (bicyclic) bond motifs is 5. The maximum absolute atomic E-state index is 6.07. The highest BCUT2D eigenvalue weighted by molar-refractivity contribution is 5.08. The van der Waals surface area contributed by atoms with Gasteiger partial charge in [0.25, 0.3) is 0 Å². The van der Waals surface area contributed by atoms with Gasteiger partial charge in [0.05, 0.1) is 6.10 Å². The van der Waals surface area contributed by atoms with Gasteiger partial charge in [-0.1, -0.05) is 20.8 Å². The van der Waals surface area contributed by atoms with E-state index in [0.717, 1.165) is 30.3 Å². The Labute approximate surface area is 118 Å². The summed E-state index contributed by atoms with van der Waals surface area (Å²) in [4.78, 5) is 0. The largest absolute Gasteiger partial charge is 0.378 e. The van der Waals surface area contributed by atoms with Crippen molar-refractivity contribution in [2.45, 2.75) is 71.8 Å². The number of hydrogen-bond donors (Lipinski definition) is 0. The lowest BCUT2D eigenvalue weighted by atomic mass is 9.48. The Morgan fingerprint density at radius 2 is 1.63 bits per heavy atom. The van der Waals surface area contributed by atoms with E-state index in [0.29, 0.717) is 16.9 Å². The molecule has 0 amide bonds. The quantitative estimate of drug-likeness (QED) is 0.617. The molecule has 0 N–H and O–H groups in total. The maximum atomic E-state index is 6.07. The van der Waals surface area contributed by atoms with Gasteiger partial charge in [0, 0.05) is 6.61 Å². The van der Waals surface area contributed by atoms with Crippen LogP contribution in [-0.4, -0.2) is 12.7 Å². The van der Waals surface area contributed by atoms with Gasteiger partial charge in [-0.25, -0.2) is 0 Å². The van der Waals surface area contributed by atoms with E-state index in [1.165, 1.54) is 44.9 Å². The second-order valence-corrected chi connectivity index (χ2v) is 8.59. The first-order valence-electron chi connectivity index (χ1n) is 8.67. The molecule has 3 aliphatic carbocycles. The summed E-state index contributed by atoms with van der Waals surface area (Å²) in [5.41, 5.74) is 1.19. The van der Waals surface area contributed by atoms with Crippen molar-refractivity contribution >= 4 is 0 Å². The van der Waals surface area contributed by atoms with Crippen LogP contribution < -0.4 is 0 Å². The van der Waals surface area contributed by atoms with Gasteiger partial charge in [-0.2, -0.15) is 0 Å². The van der Waals surface area contributed by atoms with Crippen LogP contribution in [0.25, 0.3) is 0 Å². The summed E-state index contributed by atoms with van der Waals surface area (Å²) < 4.78 is 6.07. The Balaban J connectivity index is 1.66. The highest BCUT2D eigenvalue weighted by Gasteiger charge is 2.59.